The summed E-state index contributed by atoms with van der Waals surface area (Å²) in [7, 11) is 4.55. The number of pyridine rings is 1. The number of benzene rings is 2. The van der Waals surface area contributed by atoms with Crippen molar-refractivity contribution < 1.29 is 33.1 Å². The Morgan fingerprint density at radius 3 is 2.31 bits per heavy atom. The number of fused-ring (bicyclic) bond motifs is 1. The minimum Gasteiger partial charge on any atom is -0.494 e. The number of anilines is 1. The lowest BCUT2D eigenvalue weighted by atomic mass is 10.2. The second kappa shape index (κ2) is 10.00. The SMILES string of the molecule is COc1cc(Oc2ccnc3cc(OC)c(OC)cc23)ccc1NC(=O)NC(=O)c1cc(C)on1. The highest BCUT2D eigenvalue weighted by Gasteiger charge is 2.17. The first-order valence-electron chi connectivity index (χ1n) is 10.3. The van der Waals surface area contributed by atoms with Gasteiger partial charge in [-0.1, -0.05) is 5.16 Å². The predicted molar refractivity (Wildman–Crippen MR) is 126 cm³/mol. The molecule has 0 fully saturated rings. The highest BCUT2D eigenvalue weighted by atomic mass is 16.5. The zero-order chi connectivity index (χ0) is 24.9. The summed E-state index contributed by atoms with van der Waals surface area (Å²) in [5.74, 6) is 2.14. The van der Waals surface area contributed by atoms with Crippen LogP contribution in [0.3, 0.4) is 0 Å². The number of aryl methyl sites for hydroxylation is 1. The van der Waals surface area contributed by atoms with Gasteiger partial charge in [-0.25, -0.2) is 4.79 Å². The van der Waals surface area contributed by atoms with E-state index >= 15 is 0 Å². The number of ether oxygens (including phenoxy) is 4. The Bertz CT molecular complexity index is 1400. The Morgan fingerprint density at radius 2 is 1.63 bits per heavy atom. The van der Waals surface area contributed by atoms with Crippen molar-refractivity contribution in [2.24, 2.45) is 0 Å². The molecule has 2 aromatic heterocycles. The van der Waals surface area contributed by atoms with Gasteiger partial charge in [-0.2, -0.15) is 0 Å². The normalized spacial score (nSPS) is 10.5. The second-order valence-electron chi connectivity index (χ2n) is 7.23. The fourth-order valence-corrected chi connectivity index (χ4v) is 3.30. The van der Waals surface area contributed by atoms with Gasteiger partial charge in [-0.05, 0) is 31.2 Å². The quantitative estimate of drug-likeness (QED) is 0.398. The first-order valence-corrected chi connectivity index (χ1v) is 10.3. The van der Waals surface area contributed by atoms with E-state index in [1.54, 1.807) is 63.7 Å². The third kappa shape index (κ3) is 5.08. The van der Waals surface area contributed by atoms with E-state index < -0.39 is 11.9 Å². The van der Waals surface area contributed by atoms with Crippen LogP contribution in [-0.2, 0) is 0 Å². The van der Waals surface area contributed by atoms with Gasteiger partial charge in [0.25, 0.3) is 5.91 Å². The lowest BCUT2D eigenvalue weighted by molar-refractivity contribution is 0.0958. The van der Waals surface area contributed by atoms with Gasteiger partial charge in [0.1, 0.15) is 23.0 Å². The number of rotatable bonds is 7. The summed E-state index contributed by atoms with van der Waals surface area (Å²) in [5.41, 5.74) is 0.980. The lowest BCUT2D eigenvalue weighted by Gasteiger charge is -2.14. The molecule has 0 radical (unpaired) electrons. The molecule has 0 saturated heterocycles. The molecule has 3 amide bonds. The summed E-state index contributed by atoms with van der Waals surface area (Å²) in [4.78, 5) is 28.7. The van der Waals surface area contributed by atoms with Crippen LogP contribution >= 0.6 is 0 Å². The molecule has 4 rings (SSSR count). The Hall–Kier alpha value is -4.80. The van der Waals surface area contributed by atoms with Gasteiger partial charge in [0.05, 0.1) is 32.5 Å². The van der Waals surface area contributed by atoms with Crippen LogP contribution in [0.4, 0.5) is 10.5 Å². The number of nitrogens with zero attached hydrogens (tertiary/aromatic N) is 2. The van der Waals surface area contributed by atoms with Crippen molar-refractivity contribution in [3.05, 3.63) is 60.1 Å². The number of imide groups is 1. The van der Waals surface area contributed by atoms with E-state index in [0.717, 1.165) is 0 Å². The number of methoxy groups -OCH3 is 3. The summed E-state index contributed by atoms with van der Waals surface area (Å²) < 4.78 is 27.0. The van der Waals surface area contributed by atoms with E-state index in [1.165, 1.54) is 13.2 Å². The molecule has 4 aromatic rings. The number of hydrogen-bond donors (Lipinski definition) is 2. The standard InChI is InChI=1S/C24H22N4O7/c1-13-9-18(28-35-13)23(29)27-24(30)26-16-6-5-14(10-20(16)31-2)34-19-7-8-25-17-12-22(33-4)21(32-3)11-15(17)19/h5-12H,1-4H3,(H2,26,27,29,30). The summed E-state index contributed by atoms with van der Waals surface area (Å²) in [5, 5.41) is 9.03. The summed E-state index contributed by atoms with van der Waals surface area (Å²) in [6.07, 6.45) is 1.62. The van der Waals surface area contributed by atoms with Crippen LogP contribution in [0.25, 0.3) is 10.9 Å². The maximum absolute atomic E-state index is 12.3. The van der Waals surface area contributed by atoms with Gasteiger partial charge in [0.2, 0.25) is 0 Å². The molecule has 0 saturated carbocycles. The first-order chi connectivity index (χ1) is 16.9. The highest BCUT2D eigenvalue weighted by molar-refractivity contribution is 6.07. The van der Waals surface area contributed by atoms with Crippen LogP contribution in [0.5, 0.6) is 28.7 Å². The zero-order valence-electron chi connectivity index (χ0n) is 19.4. The molecule has 0 aliphatic heterocycles. The van der Waals surface area contributed by atoms with Gasteiger partial charge in [0.15, 0.2) is 17.2 Å². The van der Waals surface area contributed by atoms with E-state index in [2.05, 4.69) is 20.8 Å². The van der Waals surface area contributed by atoms with E-state index in [-0.39, 0.29) is 5.69 Å². The number of hydrogen-bond acceptors (Lipinski definition) is 9. The lowest BCUT2D eigenvalue weighted by Crippen LogP contribution is -2.34. The van der Waals surface area contributed by atoms with E-state index in [9.17, 15) is 9.59 Å². The molecule has 0 spiro atoms. The minimum atomic E-state index is -0.760. The van der Waals surface area contributed by atoms with Gasteiger partial charge in [-0.3, -0.25) is 15.1 Å². The first kappa shape index (κ1) is 23.4. The fraction of sp³-hybridized carbons (Fsp3) is 0.167. The number of urea groups is 1. The molecule has 0 unspecified atom stereocenters. The Morgan fingerprint density at radius 1 is 0.886 bits per heavy atom. The smallest absolute Gasteiger partial charge is 0.326 e. The van der Waals surface area contributed by atoms with Gasteiger partial charge in [-0.15, -0.1) is 0 Å². The third-order valence-corrected chi connectivity index (χ3v) is 4.94. The Labute approximate surface area is 199 Å². The molecular formula is C24H22N4O7. The second-order valence-corrected chi connectivity index (χ2v) is 7.23. The van der Waals surface area contributed by atoms with E-state index in [1.807, 2.05) is 0 Å². The number of nitrogens with one attached hydrogen (secondary N) is 2. The number of carbonyl (C=O) groups excluding carboxylic acids is 2. The number of carbonyl (C=O) groups is 2. The Balaban J connectivity index is 1.53. The van der Waals surface area contributed by atoms with Gasteiger partial charge >= 0.3 is 6.03 Å². The van der Waals surface area contributed by atoms with Crippen molar-refractivity contribution in [3.63, 3.8) is 0 Å². The van der Waals surface area contributed by atoms with Crippen LogP contribution < -0.4 is 29.6 Å². The van der Waals surface area contributed by atoms with Crippen LogP contribution in [-0.4, -0.2) is 43.4 Å². The van der Waals surface area contributed by atoms with Crippen molar-refractivity contribution in [2.75, 3.05) is 26.6 Å². The topological polar surface area (TPSA) is 134 Å². The van der Waals surface area contributed by atoms with Crippen molar-refractivity contribution in [3.8, 4) is 28.7 Å². The van der Waals surface area contributed by atoms with E-state index in [4.69, 9.17) is 23.5 Å². The number of amides is 3. The Kier molecular flexibility index (Phi) is 6.67. The third-order valence-electron chi connectivity index (χ3n) is 4.94. The van der Waals surface area contributed by atoms with Crippen LogP contribution in [0.15, 0.2) is 53.2 Å². The maximum atomic E-state index is 12.3. The predicted octanol–water partition coefficient (Wildman–Crippen LogP) is 4.31. The molecule has 35 heavy (non-hydrogen) atoms. The average molecular weight is 478 g/mol. The molecule has 2 aromatic carbocycles. The maximum Gasteiger partial charge on any atom is 0.326 e. The molecule has 180 valence electrons. The molecule has 11 nitrogen and oxygen atoms in total. The molecule has 2 N–H and O–H groups in total. The summed E-state index contributed by atoms with van der Waals surface area (Å²) in [6, 6.07) is 10.8. The van der Waals surface area contributed by atoms with Crippen LogP contribution in [0, 0.1) is 6.92 Å². The number of aromatic nitrogens is 2. The van der Waals surface area contributed by atoms with Crippen molar-refractivity contribution in [1.82, 2.24) is 15.5 Å². The fourth-order valence-electron chi connectivity index (χ4n) is 3.30. The zero-order valence-corrected chi connectivity index (χ0v) is 19.4. The summed E-state index contributed by atoms with van der Waals surface area (Å²) in [6.45, 7) is 1.64. The average Bonchev–Trinajstić information content (AvgIpc) is 3.30. The molecule has 2 heterocycles. The minimum absolute atomic E-state index is 0.00723. The molecule has 0 aliphatic carbocycles. The molecule has 0 atom stereocenters. The van der Waals surface area contributed by atoms with Crippen molar-refractivity contribution >= 4 is 28.5 Å². The van der Waals surface area contributed by atoms with Crippen molar-refractivity contribution in [2.45, 2.75) is 6.92 Å². The van der Waals surface area contributed by atoms with E-state index in [0.29, 0.717) is 51.1 Å². The van der Waals surface area contributed by atoms with Crippen LogP contribution in [0.2, 0.25) is 0 Å². The van der Waals surface area contributed by atoms with Gasteiger partial charge < -0.3 is 28.8 Å². The molecular weight excluding hydrogens is 456 g/mol. The molecule has 11 heteroatoms. The highest BCUT2D eigenvalue weighted by Crippen LogP contribution is 2.38. The molecule has 0 aliphatic rings. The summed E-state index contributed by atoms with van der Waals surface area (Å²) >= 11 is 0. The van der Waals surface area contributed by atoms with Crippen LogP contribution in [0.1, 0.15) is 16.2 Å². The van der Waals surface area contributed by atoms with Gasteiger partial charge in [0, 0.05) is 29.8 Å². The monoisotopic (exact) mass is 478 g/mol. The van der Waals surface area contributed by atoms with Crippen molar-refractivity contribution in [1.29, 1.82) is 0 Å². The molecule has 0 bridgehead atoms. The largest absolute Gasteiger partial charge is 0.494 e.